The molecule has 7 rings (SSSR count). The van der Waals surface area contributed by atoms with Crippen LogP contribution in [0.25, 0.3) is 33.4 Å². The Hall–Kier alpha value is -4.88. The van der Waals surface area contributed by atoms with Crippen molar-refractivity contribution >= 4 is 17.1 Å². The fraction of sp³-hybridized carbons (Fsp3) is 0.200. The first-order valence-electron chi connectivity index (χ1n) is 21.5. The summed E-state index contributed by atoms with van der Waals surface area (Å²) in [6.07, 6.45) is 0. The molecule has 1 nitrogen and oxygen atoms in total. The first kappa shape index (κ1) is 18.9. The molecule has 6 aromatic rings. The molecule has 0 saturated heterocycles. The first-order valence-corrected chi connectivity index (χ1v) is 15.5. The predicted octanol–water partition coefficient (Wildman–Crippen LogP) is 12.8. The first-order chi connectivity index (χ1) is 27.1. The molecule has 0 radical (unpaired) electrons. The van der Waals surface area contributed by atoms with Gasteiger partial charge in [0.15, 0.2) is 0 Å². The Kier molecular flexibility index (Phi) is 4.60. The number of nitrogens with zero attached hydrogens (tertiary/aromatic N) is 1. The molecule has 0 aromatic heterocycles. The summed E-state index contributed by atoms with van der Waals surface area (Å²) in [5.41, 5.74) is 3.84. The Morgan fingerprint density at radius 3 is 1.35 bits per heavy atom. The number of benzene rings is 6. The highest BCUT2D eigenvalue weighted by atomic mass is 15.1. The largest absolute Gasteiger partial charge is 0.310 e. The van der Waals surface area contributed by atoms with Gasteiger partial charge in [0.2, 0.25) is 0 Å². The topological polar surface area (TPSA) is 3.24 Å². The van der Waals surface area contributed by atoms with Crippen LogP contribution in [0.15, 0.2) is 151 Å². The highest BCUT2D eigenvalue weighted by Crippen LogP contribution is 2.63. The van der Waals surface area contributed by atoms with Gasteiger partial charge in [-0.2, -0.15) is 0 Å². The van der Waals surface area contributed by atoms with Gasteiger partial charge in [0, 0.05) is 16.9 Å². The molecule has 0 atom stereocenters. The van der Waals surface area contributed by atoms with Crippen LogP contribution in [0.4, 0.5) is 17.1 Å². The van der Waals surface area contributed by atoms with E-state index in [1.165, 1.54) is 0 Å². The molecule has 46 heavy (non-hydrogen) atoms. The fourth-order valence-electron chi connectivity index (χ4n) is 6.57. The summed E-state index contributed by atoms with van der Waals surface area (Å²) >= 11 is 0. The minimum Gasteiger partial charge on any atom is -0.310 e. The van der Waals surface area contributed by atoms with Gasteiger partial charge < -0.3 is 4.90 Å². The number of anilines is 3. The zero-order valence-electron chi connectivity index (χ0n) is 39.0. The molecule has 1 aliphatic rings. The summed E-state index contributed by atoms with van der Waals surface area (Å²) in [7, 11) is 0. The minimum absolute atomic E-state index is 0.0513. The van der Waals surface area contributed by atoms with E-state index < -0.39 is 47.1 Å². The molecule has 0 fully saturated rings. The zero-order valence-corrected chi connectivity index (χ0v) is 27.0. The van der Waals surface area contributed by atoms with Gasteiger partial charge >= 0.3 is 0 Å². The van der Waals surface area contributed by atoms with Gasteiger partial charge in [0.25, 0.3) is 0 Å². The summed E-state index contributed by atoms with van der Waals surface area (Å²) in [5.74, 6) is 0. The Morgan fingerprint density at radius 2 is 0.891 bits per heavy atom. The van der Waals surface area contributed by atoms with E-state index in [-0.39, 0.29) is 46.8 Å². The van der Waals surface area contributed by atoms with Crippen molar-refractivity contribution < 1.29 is 16.4 Å². The van der Waals surface area contributed by atoms with E-state index in [1.54, 1.807) is 48.5 Å². The van der Waals surface area contributed by atoms with Gasteiger partial charge in [-0.1, -0.05) is 157 Å². The Labute approximate surface area is 292 Å². The van der Waals surface area contributed by atoms with E-state index in [0.29, 0.717) is 39.8 Å². The van der Waals surface area contributed by atoms with E-state index in [4.69, 9.17) is 13.7 Å². The average molecular weight is 610 g/mol. The fourth-order valence-corrected chi connectivity index (χ4v) is 6.57. The van der Waals surface area contributed by atoms with Crippen molar-refractivity contribution in [2.24, 2.45) is 5.41 Å². The van der Waals surface area contributed by atoms with Crippen molar-refractivity contribution in [3.8, 4) is 33.4 Å². The molecule has 0 bridgehead atoms. The van der Waals surface area contributed by atoms with Gasteiger partial charge in [-0.15, -0.1) is 0 Å². The van der Waals surface area contributed by atoms with E-state index in [2.05, 4.69) is 41.5 Å². The Morgan fingerprint density at radius 1 is 0.457 bits per heavy atom. The van der Waals surface area contributed by atoms with E-state index in [0.717, 1.165) is 16.7 Å². The van der Waals surface area contributed by atoms with Crippen molar-refractivity contribution in [1.29, 1.82) is 0 Å². The second kappa shape index (κ2) is 11.2. The maximum Gasteiger partial charge on any atom is 0.0648 e. The van der Waals surface area contributed by atoms with Gasteiger partial charge in [-0.05, 0) is 91.5 Å². The molecule has 0 N–H and O–H groups in total. The Bertz CT molecular complexity index is 2480. The van der Waals surface area contributed by atoms with Crippen LogP contribution >= 0.6 is 0 Å². The number of hydrogen-bond acceptors (Lipinski definition) is 1. The van der Waals surface area contributed by atoms with Crippen molar-refractivity contribution in [2.45, 2.75) is 52.4 Å². The standard InChI is InChI=1S/C45H43N/c1-43(2)40-30-39(36-20-14-9-15-21-36)42(31-41(40)44(3,4)45(43,5)6)46(37-26-22-34(23-27-37)32-16-10-7-11-17-32)38-28-24-35(25-29-38)33-18-12-8-13-19-33/h7-31H,1-6H3/i7D,8D,10D,11D,12D,13D,16D,17D,18D,19D,30D,31D. The monoisotopic (exact) mass is 609 g/mol. The maximum atomic E-state index is 10.2. The average Bonchev–Trinajstić information content (AvgIpc) is 3.31. The number of fused-ring (bicyclic) bond motifs is 1. The molecule has 0 unspecified atom stereocenters. The van der Waals surface area contributed by atoms with Crippen LogP contribution in [0.3, 0.4) is 0 Å². The third kappa shape index (κ3) is 4.77. The Balaban J connectivity index is 1.55. The number of hydrogen-bond donors (Lipinski definition) is 0. The van der Waals surface area contributed by atoms with E-state index in [9.17, 15) is 2.74 Å². The zero-order chi connectivity index (χ0) is 42.5. The molecule has 1 heteroatoms. The molecule has 0 aliphatic heterocycles. The van der Waals surface area contributed by atoms with Crippen LogP contribution in [0.5, 0.6) is 0 Å². The van der Waals surface area contributed by atoms with Crippen molar-refractivity contribution in [2.75, 3.05) is 4.90 Å². The van der Waals surface area contributed by atoms with Crippen LogP contribution in [0.2, 0.25) is 0 Å². The summed E-state index contributed by atoms with van der Waals surface area (Å²) < 4.78 is 104. The molecular formula is C45H43N. The summed E-state index contributed by atoms with van der Waals surface area (Å²) in [6.45, 7) is 12.9. The van der Waals surface area contributed by atoms with Crippen molar-refractivity contribution in [1.82, 2.24) is 0 Å². The van der Waals surface area contributed by atoms with Gasteiger partial charge in [0.1, 0.15) is 0 Å². The highest BCUT2D eigenvalue weighted by Gasteiger charge is 2.57. The lowest BCUT2D eigenvalue weighted by molar-refractivity contribution is 0.125. The van der Waals surface area contributed by atoms with Crippen LogP contribution in [0.1, 0.15) is 69.1 Å². The van der Waals surface area contributed by atoms with Crippen molar-refractivity contribution in [3.63, 3.8) is 0 Å². The normalized spacial score (nSPS) is 19.3. The van der Waals surface area contributed by atoms with Crippen LogP contribution < -0.4 is 4.90 Å². The molecule has 1 aliphatic carbocycles. The van der Waals surface area contributed by atoms with Crippen LogP contribution in [-0.2, 0) is 10.8 Å². The second-order valence-electron chi connectivity index (χ2n) is 13.4. The summed E-state index contributed by atoms with van der Waals surface area (Å²) in [6, 6.07) is 19.7. The van der Waals surface area contributed by atoms with Gasteiger partial charge in [-0.25, -0.2) is 0 Å². The lowest BCUT2D eigenvalue weighted by atomic mass is 9.59. The molecule has 6 aromatic carbocycles. The second-order valence-corrected chi connectivity index (χ2v) is 13.4. The molecule has 228 valence electrons. The number of rotatable bonds is 6. The lowest BCUT2D eigenvalue weighted by Gasteiger charge is -2.44. The lowest BCUT2D eigenvalue weighted by Crippen LogP contribution is -2.42. The highest BCUT2D eigenvalue weighted by molar-refractivity contribution is 5.90. The SMILES string of the molecule is [2H]c1c([2H])c([2H])c(-c2ccc(N(c3ccc(-c4c([2H])c([2H])c([2H])c([2H])c4[2H])cc3)c3c([2H])c4c(c([2H])c3-c3ccccc3)C(C)(C)C(C)(C)C4(C)C)cc2)c([2H])c1[2H]. The van der Waals surface area contributed by atoms with E-state index in [1.807, 2.05) is 35.2 Å². The van der Waals surface area contributed by atoms with Crippen LogP contribution in [-0.4, -0.2) is 0 Å². The van der Waals surface area contributed by atoms with Crippen LogP contribution in [0, 0.1) is 5.41 Å². The summed E-state index contributed by atoms with van der Waals surface area (Å²) in [4.78, 5) is 1.87. The third-order valence-electron chi connectivity index (χ3n) is 10.5. The minimum atomic E-state index is -0.552. The maximum absolute atomic E-state index is 10.2. The quantitative estimate of drug-likeness (QED) is 0.182. The third-order valence-corrected chi connectivity index (χ3v) is 10.5. The van der Waals surface area contributed by atoms with E-state index >= 15 is 0 Å². The summed E-state index contributed by atoms with van der Waals surface area (Å²) in [5, 5.41) is 0. The molecule has 0 amide bonds. The van der Waals surface area contributed by atoms with Gasteiger partial charge in [0.05, 0.1) is 22.1 Å². The molecular weight excluding hydrogens is 555 g/mol. The molecule has 0 saturated carbocycles. The smallest absolute Gasteiger partial charge is 0.0648 e. The molecule has 0 heterocycles. The molecule has 0 spiro atoms. The predicted molar refractivity (Wildman–Crippen MR) is 197 cm³/mol. The van der Waals surface area contributed by atoms with Crippen molar-refractivity contribution in [3.05, 3.63) is 162 Å². The van der Waals surface area contributed by atoms with Gasteiger partial charge in [-0.3, -0.25) is 0 Å².